The smallest absolute Gasteiger partial charge is 0.337 e. The van der Waals surface area contributed by atoms with Crippen molar-refractivity contribution < 1.29 is 19.1 Å². The van der Waals surface area contributed by atoms with Crippen molar-refractivity contribution in [2.24, 2.45) is 0 Å². The van der Waals surface area contributed by atoms with Gasteiger partial charge in [0.15, 0.2) is 0 Å². The number of methoxy groups -OCH3 is 2. The summed E-state index contributed by atoms with van der Waals surface area (Å²) in [5.74, 6) is 0.0402. The lowest BCUT2D eigenvalue weighted by Crippen LogP contribution is -2.14. The van der Waals surface area contributed by atoms with Crippen molar-refractivity contribution in [1.82, 2.24) is 4.98 Å². The standard InChI is InChI=1S/C29H23N3O4S/c1-35-23-14-10-19(11-15-23)24-16-26(20-6-4-3-5-7-20)32-28(25(24)17-30)37-18-27(33)31-22-12-8-21(9-13-22)29(34)36-2/h3-16H,18H2,1-2H3,(H,31,33). The van der Waals surface area contributed by atoms with E-state index in [0.717, 1.165) is 16.7 Å². The van der Waals surface area contributed by atoms with Gasteiger partial charge in [-0.2, -0.15) is 5.26 Å². The predicted octanol–water partition coefficient (Wildman–Crippen LogP) is 5.81. The summed E-state index contributed by atoms with van der Waals surface area (Å²) in [6.07, 6.45) is 0. The fraction of sp³-hybridized carbons (Fsp3) is 0.103. The van der Waals surface area contributed by atoms with Crippen LogP contribution in [0.1, 0.15) is 15.9 Å². The van der Waals surface area contributed by atoms with Crippen LogP contribution in [0.5, 0.6) is 5.75 Å². The van der Waals surface area contributed by atoms with Crippen molar-refractivity contribution in [3.63, 3.8) is 0 Å². The van der Waals surface area contributed by atoms with Crippen LogP contribution in [0.2, 0.25) is 0 Å². The van der Waals surface area contributed by atoms with Gasteiger partial charge in [-0.15, -0.1) is 0 Å². The molecule has 37 heavy (non-hydrogen) atoms. The van der Waals surface area contributed by atoms with Crippen LogP contribution in [-0.2, 0) is 9.53 Å². The van der Waals surface area contributed by atoms with Crippen molar-refractivity contribution in [3.8, 4) is 34.2 Å². The van der Waals surface area contributed by atoms with E-state index in [1.807, 2.05) is 60.7 Å². The second-order valence-corrected chi connectivity index (χ2v) is 8.81. The summed E-state index contributed by atoms with van der Waals surface area (Å²) in [5.41, 5.74) is 4.50. The molecule has 0 bridgehead atoms. The van der Waals surface area contributed by atoms with Crippen molar-refractivity contribution in [2.45, 2.75) is 5.03 Å². The highest BCUT2D eigenvalue weighted by Gasteiger charge is 2.17. The molecule has 0 aliphatic carbocycles. The normalized spacial score (nSPS) is 10.3. The van der Waals surface area contributed by atoms with Crippen molar-refractivity contribution in [2.75, 3.05) is 25.3 Å². The largest absolute Gasteiger partial charge is 0.497 e. The summed E-state index contributed by atoms with van der Waals surface area (Å²) in [6.45, 7) is 0. The van der Waals surface area contributed by atoms with Crippen molar-refractivity contribution in [1.29, 1.82) is 5.26 Å². The maximum absolute atomic E-state index is 12.7. The lowest BCUT2D eigenvalue weighted by atomic mass is 9.99. The molecule has 4 rings (SSSR count). The molecule has 1 N–H and O–H groups in total. The van der Waals surface area contributed by atoms with E-state index in [2.05, 4.69) is 11.4 Å². The number of carbonyl (C=O) groups is 2. The number of nitrogens with zero attached hydrogens (tertiary/aromatic N) is 2. The zero-order valence-corrected chi connectivity index (χ0v) is 21.0. The number of ether oxygens (including phenoxy) is 2. The topological polar surface area (TPSA) is 101 Å². The number of rotatable bonds is 8. The summed E-state index contributed by atoms with van der Waals surface area (Å²) in [4.78, 5) is 29.0. The number of anilines is 1. The van der Waals surface area contributed by atoms with Gasteiger partial charge in [-0.25, -0.2) is 9.78 Å². The molecule has 0 aliphatic rings. The summed E-state index contributed by atoms with van der Waals surface area (Å²) in [5, 5.41) is 13.3. The van der Waals surface area contributed by atoms with E-state index in [9.17, 15) is 14.9 Å². The highest BCUT2D eigenvalue weighted by Crippen LogP contribution is 2.35. The maximum Gasteiger partial charge on any atom is 0.337 e. The first kappa shape index (κ1) is 25.5. The summed E-state index contributed by atoms with van der Waals surface area (Å²) in [7, 11) is 2.91. The van der Waals surface area contributed by atoms with E-state index in [0.29, 0.717) is 33.3 Å². The monoisotopic (exact) mass is 509 g/mol. The highest BCUT2D eigenvalue weighted by molar-refractivity contribution is 8.00. The molecule has 0 fully saturated rings. The van der Waals surface area contributed by atoms with Gasteiger partial charge in [0.25, 0.3) is 0 Å². The van der Waals surface area contributed by atoms with Crippen LogP contribution in [0.4, 0.5) is 5.69 Å². The Morgan fingerprint density at radius 2 is 1.65 bits per heavy atom. The van der Waals surface area contributed by atoms with Gasteiger partial charge in [0.2, 0.25) is 5.91 Å². The minimum Gasteiger partial charge on any atom is -0.497 e. The Kier molecular flexibility index (Phi) is 8.18. The average Bonchev–Trinajstić information content (AvgIpc) is 2.96. The minimum atomic E-state index is -0.450. The third-order valence-corrected chi connectivity index (χ3v) is 6.47. The van der Waals surface area contributed by atoms with Gasteiger partial charge in [-0.05, 0) is 48.0 Å². The van der Waals surface area contributed by atoms with Crippen LogP contribution < -0.4 is 10.1 Å². The first-order chi connectivity index (χ1) is 18.0. The molecule has 0 radical (unpaired) electrons. The fourth-order valence-corrected chi connectivity index (χ4v) is 4.43. The highest BCUT2D eigenvalue weighted by atomic mass is 32.2. The SMILES string of the molecule is COC(=O)c1ccc(NC(=O)CSc2nc(-c3ccccc3)cc(-c3ccc(OC)cc3)c2C#N)cc1. The molecule has 0 saturated carbocycles. The van der Waals surface area contributed by atoms with E-state index in [1.54, 1.807) is 31.4 Å². The Morgan fingerprint density at radius 3 is 2.27 bits per heavy atom. The van der Waals surface area contributed by atoms with Gasteiger partial charge < -0.3 is 14.8 Å². The van der Waals surface area contributed by atoms with Crippen LogP contribution in [0.25, 0.3) is 22.4 Å². The summed E-state index contributed by atoms with van der Waals surface area (Å²) in [6, 6.07) is 27.7. The number of aromatic nitrogens is 1. The number of esters is 1. The third kappa shape index (κ3) is 6.15. The number of benzene rings is 3. The van der Waals surface area contributed by atoms with Gasteiger partial charge in [-0.1, -0.05) is 54.2 Å². The van der Waals surface area contributed by atoms with E-state index < -0.39 is 5.97 Å². The second kappa shape index (κ2) is 11.9. The molecule has 1 amide bonds. The Hall–Kier alpha value is -4.61. The molecule has 4 aromatic rings. The molecule has 184 valence electrons. The Bertz CT molecular complexity index is 1450. The first-order valence-electron chi connectivity index (χ1n) is 11.3. The molecular weight excluding hydrogens is 486 g/mol. The summed E-state index contributed by atoms with van der Waals surface area (Å²) >= 11 is 1.19. The fourth-order valence-electron chi connectivity index (χ4n) is 3.63. The second-order valence-electron chi connectivity index (χ2n) is 7.85. The molecule has 3 aromatic carbocycles. The minimum absolute atomic E-state index is 0.0424. The zero-order chi connectivity index (χ0) is 26.2. The van der Waals surface area contributed by atoms with E-state index in [1.165, 1.54) is 18.9 Å². The van der Waals surface area contributed by atoms with Gasteiger partial charge in [0.05, 0.1) is 36.8 Å². The number of nitriles is 1. The third-order valence-electron chi connectivity index (χ3n) is 5.50. The van der Waals surface area contributed by atoms with E-state index in [-0.39, 0.29) is 11.7 Å². The number of hydrogen-bond acceptors (Lipinski definition) is 7. The Labute approximate surface area is 219 Å². The number of amides is 1. The molecule has 0 spiro atoms. The van der Waals surface area contributed by atoms with Crippen molar-refractivity contribution in [3.05, 3.63) is 96.1 Å². The number of thioether (sulfide) groups is 1. The number of carbonyl (C=O) groups excluding carboxylic acids is 2. The van der Waals surface area contributed by atoms with Gasteiger partial charge in [-0.3, -0.25) is 4.79 Å². The number of nitrogens with one attached hydrogen (secondary N) is 1. The first-order valence-corrected chi connectivity index (χ1v) is 12.3. The lowest BCUT2D eigenvalue weighted by molar-refractivity contribution is -0.113. The molecule has 0 aliphatic heterocycles. The number of pyridine rings is 1. The van der Waals surface area contributed by atoms with Crippen LogP contribution in [0.15, 0.2) is 90.0 Å². The van der Waals surface area contributed by atoms with Gasteiger partial charge in [0.1, 0.15) is 16.8 Å². The maximum atomic E-state index is 12.7. The lowest BCUT2D eigenvalue weighted by Gasteiger charge is -2.13. The molecular formula is C29H23N3O4S. The quantitative estimate of drug-likeness (QED) is 0.236. The predicted molar refractivity (Wildman–Crippen MR) is 144 cm³/mol. The zero-order valence-electron chi connectivity index (χ0n) is 20.2. The van der Waals surface area contributed by atoms with Gasteiger partial charge >= 0.3 is 5.97 Å². The Balaban J connectivity index is 1.61. The van der Waals surface area contributed by atoms with Crippen LogP contribution in [0.3, 0.4) is 0 Å². The van der Waals surface area contributed by atoms with Crippen LogP contribution >= 0.6 is 11.8 Å². The van der Waals surface area contributed by atoms with E-state index >= 15 is 0 Å². The molecule has 0 atom stereocenters. The summed E-state index contributed by atoms with van der Waals surface area (Å²) < 4.78 is 9.96. The molecule has 0 unspecified atom stereocenters. The molecule has 1 heterocycles. The molecule has 8 heteroatoms. The van der Waals surface area contributed by atoms with Crippen LogP contribution in [-0.4, -0.2) is 36.8 Å². The number of hydrogen-bond donors (Lipinski definition) is 1. The Morgan fingerprint density at radius 1 is 0.946 bits per heavy atom. The van der Waals surface area contributed by atoms with Crippen LogP contribution in [0, 0.1) is 11.3 Å². The molecule has 0 saturated heterocycles. The van der Waals surface area contributed by atoms with E-state index in [4.69, 9.17) is 14.5 Å². The average molecular weight is 510 g/mol. The molecule has 1 aromatic heterocycles. The van der Waals surface area contributed by atoms with Gasteiger partial charge in [0, 0.05) is 16.8 Å². The molecule has 7 nitrogen and oxygen atoms in total. The van der Waals surface area contributed by atoms with Crippen molar-refractivity contribution >= 4 is 29.3 Å².